The number of hydrogen-bond acceptors (Lipinski definition) is 11. The molecule has 0 aromatic heterocycles. The van der Waals surface area contributed by atoms with Crippen molar-refractivity contribution in [3.63, 3.8) is 0 Å². The fourth-order valence-electron chi connectivity index (χ4n) is 4.34. The number of benzene rings is 2. The van der Waals surface area contributed by atoms with E-state index >= 15 is 0 Å². The first-order chi connectivity index (χ1) is 18.3. The number of rotatable bonds is 8. The standard InChI is InChI=1S/C27H30ClNO10/c1-13(30)35-12-23-25(36-14(2)31)27(38-16(4)33)26(37-15(3)32)24(39-23)18-6-7-20(28)19(11-18)9-17-5-8-22(34)21(29)10-17/h5-8,10-11,23-27,34H,9,12,29H2,1-4H3/t23-,24+,25?,26+,27+/m1/s1. The lowest BCUT2D eigenvalue weighted by molar-refractivity contribution is -0.254. The number of carbonyl (C=O) groups is 4. The van der Waals surface area contributed by atoms with Gasteiger partial charge in [0.05, 0.1) is 5.69 Å². The third-order valence-electron chi connectivity index (χ3n) is 5.88. The van der Waals surface area contributed by atoms with Crippen LogP contribution in [0.25, 0.3) is 0 Å². The first-order valence-electron chi connectivity index (χ1n) is 12.0. The number of esters is 4. The van der Waals surface area contributed by atoms with Crippen molar-refractivity contribution in [3.05, 3.63) is 58.1 Å². The van der Waals surface area contributed by atoms with Gasteiger partial charge in [-0.05, 0) is 41.3 Å². The van der Waals surface area contributed by atoms with E-state index in [-0.39, 0.29) is 18.0 Å². The van der Waals surface area contributed by atoms with Gasteiger partial charge in [-0.1, -0.05) is 29.8 Å². The summed E-state index contributed by atoms with van der Waals surface area (Å²) in [6, 6.07) is 9.80. The van der Waals surface area contributed by atoms with Crippen molar-refractivity contribution in [3.8, 4) is 5.75 Å². The zero-order valence-electron chi connectivity index (χ0n) is 21.8. The number of phenols is 1. The maximum absolute atomic E-state index is 12.1. The summed E-state index contributed by atoms with van der Waals surface area (Å²) in [5.74, 6) is -2.78. The Bertz CT molecular complexity index is 1250. The van der Waals surface area contributed by atoms with Crippen molar-refractivity contribution >= 4 is 41.2 Å². The Kier molecular flexibility index (Phi) is 9.76. The minimum atomic E-state index is -1.29. The molecule has 0 saturated carbocycles. The van der Waals surface area contributed by atoms with E-state index in [4.69, 9.17) is 41.0 Å². The minimum Gasteiger partial charge on any atom is -0.506 e. The first kappa shape index (κ1) is 29.7. The third-order valence-corrected chi connectivity index (χ3v) is 6.24. The van der Waals surface area contributed by atoms with Gasteiger partial charge < -0.3 is 34.5 Å². The second-order valence-corrected chi connectivity index (χ2v) is 9.45. The third kappa shape index (κ3) is 7.84. The summed E-state index contributed by atoms with van der Waals surface area (Å²) >= 11 is 6.48. The van der Waals surface area contributed by atoms with Crippen molar-refractivity contribution in [2.45, 2.75) is 64.6 Å². The van der Waals surface area contributed by atoms with Crippen LogP contribution in [0.1, 0.15) is 50.5 Å². The van der Waals surface area contributed by atoms with E-state index in [1.54, 1.807) is 30.3 Å². The summed E-state index contributed by atoms with van der Waals surface area (Å²) in [7, 11) is 0. The first-order valence-corrected chi connectivity index (χ1v) is 12.4. The molecule has 0 radical (unpaired) electrons. The molecule has 0 bridgehead atoms. The van der Waals surface area contributed by atoms with Crippen LogP contribution < -0.4 is 5.73 Å². The monoisotopic (exact) mass is 563 g/mol. The number of nitrogens with two attached hydrogens (primary N) is 1. The smallest absolute Gasteiger partial charge is 0.303 e. The number of anilines is 1. The Hall–Kier alpha value is -3.83. The van der Waals surface area contributed by atoms with Gasteiger partial charge in [-0.2, -0.15) is 0 Å². The van der Waals surface area contributed by atoms with E-state index in [0.717, 1.165) is 19.4 Å². The molecule has 1 fully saturated rings. The summed E-state index contributed by atoms with van der Waals surface area (Å²) in [6.07, 6.45) is -5.55. The molecule has 12 heteroatoms. The second kappa shape index (κ2) is 12.8. The van der Waals surface area contributed by atoms with E-state index in [0.29, 0.717) is 22.6 Å². The summed E-state index contributed by atoms with van der Waals surface area (Å²) in [4.78, 5) is 47.7. The molecular formula is C27H30ClNO10. The Balaban J connectivity index is 2.07. The Morgan fingerprint density at radius 1 is 0.872 bits per heavy atom. The van der Waals surface area contributed by atoms with Crippen LogP contribution in [0, 0.1) is 0 Å². The molecular weight excluding hydrogens is 534 g/mol. The number of halogens is 1. The zero-order valence-corrected chi connectivity index (χ0v) is 22.6. The highest BCUT2D eigenvalue weighted by molar-refractivity contribution is 6.31. The van der Waals surface area contributed by atoms with Crippen molar-refractivity contribution in [2.75, 3.05) is 12.3 Å². The number of hydrogen-bond donors (Lipinski definition) is 2. The molecule has 2 aromatic carbocycles. The molecule has 1 aliphatic rings. The molecule has 210 valence electrons. The van der Waals surface area contributed by atoms with Crippen molar-refractivity contribution in [1.82, 2.24) is 0 Å². The van der Waals surface area contributed by atoms with Crippen LogP contribution in [0.15, 0.2) is 36.4 Å². The van der Waals surface area contributed by atoms with Crippen LogP contribution in [0.2, 0.25) is 5.02 Å². The molecule has 0 amide bonds. The Morgan fingerprint density at radius 2 is 1.49 bits per heavy atom. The van der Waals surface area contributed by atoms with Gasteiger partial charge in [0.25, 0.3) is 0 Å². The van der Waals surface area contributed by atoms with Gasteiger partial charge in [-0.15, -0.1) is 0 Å². The van der Waals surface area contributed by atoms with Gasteiger partial charge in [0.15, 0.2) is 18.3 Å². The molecule has 2 aromatic rings. The van der Waals surface area contributed by atoms with Gasteiger partial charge in [-0.3, -0.25) is 19.2 Å². The van der Waals surface area contributed by atoms with Gasteiger partial charge in [0.2, 0.25) is 0 Å². The average molecular weight is 564 g/mol. The van der Waals surface area contributed by atoms with Crippen molar-refractivity contribution in [2.24, 2.45) is 0 Å². The zero-order chi connectivity index (χ0) is 28.9. The lowest BCUT2D eigenvalue weighted by atomic mass is 9.89. The largest absolute Gasteiger partial charge is 0.506 e. The van der Waals surface area contributed by atoms with E-state index in [1.807, 2.05) is 0 Å². The van der Waals surface area contributed by atoms with Crippen LogP contribution in [0.3, 0.4) is 0 Å². The molecule has 11 nitrogen and oxygen atoms in total. The summed E-state index contributed by atoms with van der Waals surface area (Å²) in [6.45, 7) is 4.36. The second-order valence-electron chi connectivity index (χ2n) is 9.04. The molecule has 1 unspecified atom stereocenters. The maximum atomic E-state index is 12.1. The molecule has 1 aliphatic heterocycles. The fraction of sp³-hybridized carbons (Fsp3) is 0.407. The molecule has 3 rings (SSSR count). The highest BCUT2D eigenvalue weighted by Crippen LogP contribution is 2.39. The Labute approximate surface area is 230 Å². The van der Waals surface area contributed by atoms with Crippen LogP contribution in [0.5, 0.6) is 5.75 Å². The summed E-state index contributed by atoms with van der Waals surface area (Å²) in [5, 5.41) is 10.2. The summed E-state index contributed by atoms with van der Waals surface area (Å²) in [5.41, 5.74) is 7.96. The number of ether oxygens (including phenoxy) is 5. The van der Waals surface area contributed by atoms with Crippen LogP contribution >= 0.6 is 11.6 Å². The van der Waals surface area contributed by atoms with E-state index in [9.17, 15) is 24.3 Å². The molecule has 5 atom stereocenters. The highest BCUT2D eigenvalue weighted by Gasteiger charge is 2.52. The Morgan fingerprint density at radius 3 is 2.08 bits per heavy atom. The van der Waals surface area contributed by atoms with Crippen molar-refractivity contribution < 1.29 is 48.0 Å². The normalized spacial score (nSPS) is 22.4. The SMILES string of the molecule is CC(=O)OC[C@H]1O[C@@H](c2ccc(Cl)c(Cc3ccc(O)c(N)c3)c2)[C@H](OC(C)=O)[C@@H](OC(C)=O)C1OC(C)=O. The van der Waals surface area contributed by atoms with Crippen LogP contribution in [-0.4, -0.2) is 60.0 Å². The molecule has 1 heterocycles. The molecule has 3 N–H and O–H groups in total. The quantitative estimate of drug-likeness (QED) is 0.210. The van der Waals surface area contributed by atoms with Gasteiger partial charge in [-0.25, -0.2) is 0 Å². The highest BCUT2D eigenvalue weighted by atomic mass is 35.5. The number of nitrogen functional groups attached to an aromatic ring is 1. The number of phenolic OH excluding ortho intramolecular Hbond substituents is 1. The van der Waals surface area contributed by atoms with E-state index in [2.05, 4.69) is 0 Å². The fourth-order valence-corrected chi connectivity index (χ4v) is 4.52. The van der Waals surface area contributed by atoms with Gasteiger partial charge >= 0.3 is 23.9 Å². The maximum Gasteiger partial charge on any atom is 0.303 e. The molecule has 0 spiro atoms. The van der Waals surface area contributed by atoms with Gasteiger partial charge in [0, 0.05) is 32.7 Å². The molecule has 1 saturated heterocycles. The minimum absolute atomic E-state index is 0.0453. The van der Waals surface area contributed by atoms with Crippen LogP contribution in [0.4, 0.5) is 5.69 Å². The number of carbonyl (C=O) groups excluding carboxylic acids is 4. The summed E-state index contributed by atoms with van der Waals surface area (Å²) < 4.78 is 27.8. The van der Waals surface area contributed by atoms with E-state index < -0.39 is 54.4 Å². The molecule has 0 aliphatic carbocycles. The lowest BCUT2D eigenvalue weighted by Crippen LogP contribution is -2.59. The topological polar surface area (TPSA) is 161 Å². The molecule has 39 heavy (non-hydrogen) atoms. The lowest BCUT2D eigenvalue weighted by Gasteiger charge is -2.44. The van der Waals surface area contributed by atoms with Gasteiger partial charge in [0.1, 0.15) is 24.6 Å². The average Bonchev–Trinajstić information content (AvgIpc) is 2.83. The van der Waals surface area contributed by atoms with E-state index in [1.165, 1.54) is 19.9 Å². The van der Waals surface area contributed by atoms with Crippen LogP contribution in [-0.2, 0) is 49.3 Å². The predicted octanol–water partition coefficient (Wildman–Crippen LogP) is 3.02. The van der Waals surface area contributed by atoms with Crippen molar-refractivity contribution in [1.29, 1.82) is 0 Å². The predicted molar refractivity (Wildman–Crippen MR) is 138 cm³/mol. The number of aromatic hydroxyl groups is 1.